The topological polar surface area (TPSA) is 62.2 Å². The van der Waals surface area contributed by atoms with Crippen molar-refractivity contribution in [3.05, 3.63) is 29.6 Å². The summed E-state index contributed by atoms with van der Waals surface area (Å²) in [5.41, 5.74) is 0.900. The van der Waals surface area contributed by atoms with Crippen LogP contribution in [0.4, 0.5) is 0 Å². The van der Waals surface area contributed by atoms with E-state index in [0.29, 0.717) is 12.6 Å². The summed E-state index contributed by atoms with van der Waals surface area (Å²) in [6.45, 7) is 5.01. The second kappa shape index (κ2) is 8.64. The number of pyridine rings is 1. The summed E-state index contributed by atoms with van der Waals surface area (Å²) in [4.78, 5) is 15.0. The van der Waals surface area contributed by atoms with Crippen molar-refractivity contribution in [2.75, 3.05) is 0 Å². The molecule has 1 atom stereocenters. The number of aromatic nitrogens is 1. The van der Waals surface area contributed by atoms with Gasteiger partial charge in [0.15, 0.2) is 0 Å². The van der Waals surface area contributed by atoms with Crippen molar-refractivity contribution in [2.45, 2.75) is 58.5 Å². The Labute approximate surface area is 115 Å². The summed E-state index contributed by atoms with van der Waals surface area (Å²) < 4.78 is 0. The van der Waals surface area contributed by atoms with Crippen LogP contribution in [0.5, 0.6) is 0 Å². The fourth-order valence-electron chi connectivity index (χ4n) is 2.09. The van der Waals surface area contributed by atoms with Crippen LogP contribution in [0.3, 0.4) is 0 Å². The predicted molar refractivity (Wildman–Crippen MR) is 76.3 cm³/mol. The van der Waals surface area contributed by atoms with Gasteiger partial charge in [-0.2, -0.15) is 0 Å². The quantitative estimate of drug-likeness (QED) is 0.719. The fraction of sp³-hybridized carbons (Fsp3) is 0.600. The zero-order valence-electron chi connectivity index (χ0n) is 11.9. The minimum atomic E-state index is -0.974. The molecule has 19 heavy (non-hydrogen) atoms. The molecule has 4 nitrogen and oxygen atoms in total. The Kier molecular flexibility index (Phi) is 7.11. The van der Waals surface area contributed by atoms with Gasteiger partial charge in [0, 0.05) is 12.6 Å². The predicted octanol–water partition coefficient (Wildman–Crippen LogP) is 3.23. The number of carboxylic acid groups (broad SMARTS) is 1. The zero-order chi connectivity index (χ0) is 14.1. The number of hydrogen-bond acceptors (Lipinski definition) is 3. The Morgan fingerprint density at radius 2 is 2.11 bits per heavy atom. The van der Waals surface area contributed by atoms with Crippen LogP contribution >= 0.6 is 0 Å². The molecule has 0 aliphatic carbocycles. The van der Waals surface area contributed by atoms with Gasteiger partial charge in [-0.25, -0.2) is 9.78 Å². The molecule has 106 valence electrons. The van der Waals surface area contributed by atoms with E-state index in [9.17, 15) is 4.79 Å². The van der Waals surface area contributed by atoms with Crippen LogP contribution in [0.15, 0.2) is 18.2 Å². The third-order valence-electron chi connectivity index (χ3n) is 3.14. The summed E-state index contributed by atoms with van der Waals surface area (Å²) in [6, 6.07) is 5.63. The van der Waals surface area contributed by atoms with Crippen molar-refractivity contribution in [1.29, 1.82) is 0 Å². The van der Waals surface area contributed by atoms with Crippen molar-refractivity contribution in [3.63, 3.8) is 0 Å². The van der Waals surface area contributed by atoms with E-state index < -0.39 is 5.97 Å². The van der Waals surface area contributed by atoms with E-state index in [2.05, 4.69) is 24.1 Å². The van der Waals surface area contributed by atoms with E-state index >= 15 is 0 Å². The molecule has 1 rings (SSSR count). The van der Waals surface area contributed by atoms with Crippen molar-refractivity contribution < 1.29 is 9.90 Å². The Balaban J connectivity index is 2.53. The highest BCUT2D eigenvalue weighted by molar-refractivity contribution is 5.85. The summed E-state index contributed by atoms with van der Waals surface area (Å²) >= 11 is 0. The lowest BCUT2D eigenvalue weighted by atomic mass is 10.1. The summed E-state index contributed by atoms with van der Waals surface area (Å²) in [6.07, 6.45) is 5.90. The molecule has 1 heterocycles. The molecular weight excluding hydrogens is 240 g/mol. The highest BCUT2D eigenvalue weighted by atomic mass is 16.4. The van der Waals surface area contributed by atoms with Crippen molar-refractivity contribution in [1.82, 2.24) is 10.3 Å². The average Bonchev–Trinajstić information content (AvgIpc) is 2.42. The largest absolute Gasteiger partial charge is 0.477 e. The standard InChI is InChI=1S/C15H24N2O2/c1-3-5-8-12(7-4-2)16-11-13-9-6-10-14(17-13)15(18)19/h6,9-10,12,16H,3-5,7-8,11H2,1-2H3,(H,18,19). The van der Waals surface area contributed by atoms with E-state index in [-0.39, 0.29) is 5.69 Å². The molecule has 0 radical (unpaired) electrons. The molecule has 4 heteroatoms. The van der Waals surface area contributed by atoms with Gasteiger partial charge in [-0.1, -0.05) is 39.2 Å². The molecule has 0 bridgehead atoms. The molecule has 0 saturated heterocycles. The number of rotatable bonds is 9. The van der Waals surface area contributed by atoms with Crippen LogP contribution in [0.2, 0.25) is 0 Å². The molecule has 1 aromatic heterocycles. The van der Waals surface area contributed by atoms with Crippen LogP contribution in [0, 0.1) is 0 Å². The Morgan fingerprint density at radius 1 is 1.32 bits per heavy atom. The van der Waals surface area contributed by atoms with Gasteiger partial charge in [-0.3, -0.25) is 0 Å². The summed E-state index contributed by atoms with van der Waals surface area (Å²) in [5.74, 6) is -0.974. The van der Waals surface area contributed by atoms with Gasteiger partial charge >= 0.3 is 5.97 Å². The maximum atomic E-state index is 10.9. The minimum Gasteiger partial charge on any atom is -0.477 e. The number of carbonyl (C=O) groups is 1. The summed E-state index contributed by atoms with van der Waals surface area (Å²) in [5, 5.41) is 12.4. The molecule has 1 aromatic rings. The fourth-order valence-corrected chi connectivity index (χ4v) is 2.09. The van der Waals surface area contributed by atoms with E-state index in [4.69, 9.17) is 5.11 Å². The smallest absolute Gasteiger partial charge is 0.354 e. The third kappa shape index (κ3) is 5.83. The van der Waals surface area contributed by atoms with Crippen molar-refractivity contribution >= 4 is 5.97 Å². The minimum absolute atomic E-state index is 0.111. The van der Waals surface area contributed by atoms with Gasteiger partial charge in [0.05, 0.1) is 5.69 Å². The van der Waals surface area contributed by atoms with Crippen LogP contribution in [-0.2, 0) is 6.54 Å². The molecule has 0 amide bonds. The van der Waals surface area contributed by atoms with Gasteiger partial charge in [0.1, 0.15) is 5.69 Å². The lowest BCUT2D eigenvalue weighted by Crippen LogP contribution is -2.29. The Morgan fingerprint density at radius 3 is 2.74 bits per heavy atom. The number of aromatic carboxylic acids is 1. The second-order valence-electron chi connectivity index (χ2n) is 4.83. The normalized spacial score (nSPS) is 12.3. The van der Waals surface area contributed by atoms with E-state index in [0.717, 1.165) is 18.5 Å². The van der Waals surface area contributed by atoms with Gasteiger partial charge in [-0.05, 0) is 25.0 Å². The Hall–Kier alpha value is -1.42. The van der Waals surface area contributed by atoms with E-state index in [1.54, 1.807) is 6.07 Å². The lowest BCUT2D eigenvalue weighted by Gasteiger charge is -2.17. The average molecular weight is 264 g/mol. The highest BCUT2D eigenvalue weighted by Gasteiger charge is 2.08. The molecule has 0 aromatic carbocycles. The van der Waals surface area contributed by atoms with Gasteiger partial charge in [-0.15, -0.1) is 0 Å². The van der Waals surface area contributed by atoms with Gasteiger partial charge in [0.25, 0.3) is 0 Å². The second-order valence-corrected chi connectivity index (χ2v) is 4.83. The number of nitrogens with zero attached hydrogens (tertiary/aromatic N) is 1. The van der Waals surface area contributed by atoms with E-state index in [1.165, 1.54) is 25.3 Å². The first-order valence-electron chi connectivity index (χ1n) is 7.10. The molecule has 0 aliphatic rings. The summed E-state index contributed by atoms with van der Waals surface area (Å²) in [7, 11) is 0. The first kappa shape index (κ1) is 15.6. The van der Waals surface area contributed by atoms with Crippen LogP contribution < -0.4 is 5.32 Å². The third-order valence-corrected chi connectivity index (χ3v) is 3.14. The molecule has 0 fully saturated rings. The SMILES string of the molecule is CCCCC(CCC)NCc1cccc(C(=O)O)n1. The van der Waals surface area contributed by atoms with Crippen LogP contribution in [0.1, 0.15) is 62.1 Å². The van der Waals surface area contributed by atoms with Crippen LogP contribution in [-0.4, -0.2) is 22.1 Å². The van der Waals surface area contributed by atoms with Crippen LogP contribution in [0.25, 0.3) is 0 Å². The molecule has 0 spiro atoms. The molecule has 0 saturated carbocycles. The molecule has 1 unspecified atom stereocenters. The molecular formula is C15H24N2O2. The first-order chi connectivity index (χ1) is 9.17. The number of hydrogen-bond donors (Lipinski definition) is 2. The van der Waals surface area contributed by atoms with Crippen molar-refractivity contribution in [3.8, 4) is 0 Å². The number of unbranched alkanes of at least 4 members (excludes halogenated alkanes) is 1. The first-order valence-corrected chi connectivity index (χ1v) is 7.10. The van der Waals surface area contributed by atoms with E-state index in [1.807, 2.05) is 6.07 Å². The Bertz CT molecular complexity index is 393. The number of nitrogens with one attached hydrogen (secondary N) is 1. The maximum Gasteiger partial charge on any atom is 0.354 e. The van der Waals surface area contributed by atoms with Gasteiger partial charge < -0.3 is 10.4 Å². The maximum absolute atomic E-state index is 10.9. The zero-order valence-corrected chi connectivity index (χ0v) is 11.9. The number of carboxylic acids is 1. The monoisotopic (exact) mass is 264 g/mol. The van der Waals surface area contributed by atoms with Gasteiger partial charge in [0.2, 0.25) is 0 Å². The highest BCUT2D eigenvalue weighted by Crippen LogP contribution is 2.08. The molecule has 0 aliphatic heterocycles. The lowest BCUT2D eigenvalue weighted by molar-refractivity contribution is 0.0690. The van der Waals surface area contributed by atoms with Crippen molar-refractivity contribution in [2.24, 2.45) is 0 Å². The molecule has 2 N–H and O–H groups in total.